The highest BCUT2D eigenvalue weighted by Gasteiger charge is 2.11. The normalized spacial score (nSPS) is 11.3. The number of aryl methyl sites for hydroxylation is 3. The fourth-order valence-corrected chi connectivity index (χ4v) is 3.26. The maximum Gasteiger partial charge on any atom is 0.163 e. The van der Waals surface area contributed by atoms with E-state index in [9.17, 15) is 0 Å². The van der Waals surface area contributed by atoms with Crippen LogP contribution in [0.25, 0.3) is 21.7 Å². The van der Waals surface area contributed by atoms with Gasteiger partial charge in [0, 0.05) is 25.7 Å². The zero-order valence-electron chi connectivity index (χ0n) is 13.6. The van der Waals surface area contributed by atoms with Gasteiger partial charge in [-0.3, -0.25) is 9.36 Å². The Hall–Kier alpha value is -2.81. The van der Waals surface area contributed by atoms with Crippen LogP contribution in [0.4, 0.5) is 5.82 Å². The summed E-state index contributed by atoms with van der Waals surface area (Å²) in [6.07, 6.45) is 3.69. The molecule has 0 saturated heterocycles. The van der Waals surface area contributed by atoms with Gasteiger partial charge < -0.3 is 5.32 Å². The molecule has 0 spiro atoms. The monoisotopic (exact) mass is 340 g/mol. The first kappa shape index (κ1) is 14.8. The van der Waals surface area contributed by atoms with Crippen molar-refractivity contribution in [2.75, 3.05) is 5.32 Å². The molecule has 0 atom stereocenters. The Morgan fingerprint density at radius 2 is 2.08 bits per heavy atom. The Morgan fingerprint density at radius 1 is 1.21 bits per heavy atom. The van der Waals surface area contributed by atoms with Crippen LogP contribution in [0.3, 0.4) is 0 Å². The Bertz CT molecular complexity index is 1010. The molecule has 0 aliphatic carbocycles. The van der Waals surface area contributed by atoms with Crippen LogP contribution in [0.1, 0.15) is 11.5 Å². The zero-order chi connectivity index (χ0) is 16.7. The lowest BCUT2D eigenvalue weighted by Gasteiger charge is -2.06. The predicted molar refractivity (Wildman–Crippen MR) is 92.7 cm³/mol. The fraction of sp³-hybridized carbons (Fsp3) is 0.267. The van der Waals surface area contributed by atoms with E-state index in [1.165, 1.54) is 0 Å². The van der Waals surface area contributed by atoms with Crippen LogP contribution >= 0.6 is 11.3 Å². The van der Waals surface area contributed by atoms with Crippen molar-refractivity contribution >= 4 is 28.2 Å². The third kappa shape index (κ3) is 2.62. The topological polar surface area (TPSA) is 86.3 Å². The third-order valence-electron chi connectivity index (χ3n) is 3.63. The summed E-state index contributed by atoms with van der Waals surface area (Å²) in [7, 11) is 3.77. The second kappa shape index (κ2) is 5.68. The summed E-state index contributed by atoms with van der Waals surface area (Å²) in [5, 5.41) is 15.8. The van der Waals surface area contributed by atoms with Crippen molar-refractivity contribution in [3.8, 4) is 10.7 Å². The first-order valence-corrected chi connectivity index (χ1v) is 8.33. The largest absolute Gasteiger partial charge is 0.364 e. The molecule has 4 aromatic heterocycles. The number of fused-ring (bicyclic) bond motifs is 1. The third-order valence-corrected chi connectivity index (χ3v) is 4.54. The van der Waals surface area contributed by atoms with E-state index < -0.39 is 0 Å². The molecule has 9 heteroatoms. The van der Waals surface area contributed by atoms with E-state index >= 15 is 0 Å². The van der Waals surface area contributed by atoms with Gasteiger partial charge in [-0.05, 0) is 13.0 Å². The van der Waals surface area contributed by atoms with Crippen LogP contribution in [0, 0.1) is 6.92 Å². The number of nitrogens with one attached hydrogen (secondary N) is 1. The van der Waals surface area contributed by atoms with Gasteiger partial charge in [0.15, 0.2) is 5.65 Å². The molecule has 0 unspecified atom stereocenters. The maximum atomic E-state index is 4.63. The van der Waals surface area contributed by atoms with Gasteiger partial charge in [0.25, 0.3) is 0 Å². The van der Waals surface area contributed by atoms with Gasteiger partial charge in [-0.2, -0.15) is 10.2 Å². The molecule has 0 aliphatic rings. The summed E-state index contributed by atoms with van der Waals surface area (Å²) < 4.78 is 3.52. The molecule has 8 nitrogen and oxygen atoms in total. The highest BCUT2D eigenvalue weighted by Crippen LogP contribution is 2.23. The van der Waals surface area contributed by atoms with Gasteiger partial charge in [-0.25, -0.2) is 15.0 Å². The minimum Gasteiger partial charge on any atom is -0.364 e. The number of nitrogens with zero attached hydrogens (tertiary/aromatic N) is 7. The molecular formula is C15H16N8S. The molecule has 24 heavy (non-hydrogen) atoms. The van der Waals surface area contributed by atoms with Crippen LogP contribution in [-0.4, -0.2) is 34.5 Å². The number of anilines is 1. The average molecular weight is 340 g/mol. The number of aromatic nitrogens is 7. The minimum absolute atomic E-state index is 0.587. The van der Waals surface area contributed by atoms with E-state index in [2.05, 4.69) is 30.5 Å². The van der Waals surface area contributed by atoms with Crippen LogP contribution in [0.15, 0.2) is 23.8 Å². The Balaban J connectivity index is 1.56. The summed E-state index contributed by atoms with van der Waals surface area (Å²) >= 11 is 1.59. The van der Waals surface area contributed by atoms with Crippen molar-refractivity contribution in [1.29, 1.82) is 0 Å². The lowest BCUT2D eigenvalue weighted by atomic mass is 10.3. The van der Waals surface area contributed by atoms with Crippen molar-refractivity contribution in [3.05, 3.63) is 35.4 Å². The van der Waals surface area contributed by atoms with E-state index in [0.717, 1.165) is 33.2 Å². The molecule has 0 radical (unpaired) electrons. The second-order valence-corrected chi connectivity index (χ2v) is 6.36. The van der Waals surface area contributed by atoms with Gasteiger partial charge in [0.05, 0.1) is 23.8 Å². The molecule has 0 amide bonds. The van der Waals surface area contributed by atoms with Gasteiger partial charge in [0.1, 0.15) is 22.3 Å². The van der Waals surface area contributed by atoms with Gasteiger partial charge in [-0.1, -0.05) is 0 Å². The van der Waals surface area contributed by atoms with Crippen molar-refractivity contribution in [3.63, 3.8) is 0 Å². The van der Waals surface area contributed by atoms with E-state index in [1.54, 1.807) is 26.9 Å². The van der Waals surface area contributed by atoms with E-state index in [4.69, 9.17) is 0 Å². The summed E-state index contributed by atoms with van der Waals surface area (Å²) in [6, 6.07) is 1.96. The quantitative estimate of drug-likeness (QED) is 0.612. The van der Waals surface area contributed by atoms with Crippen molar-refractivity contribution in [1.82, 2.24) is 34.5 Å². The molecule has 122 valence electrons. The van der Waals surface area contributed by atoms with Gasteiger partial charge in [-0.15, -0.1) is 11.3 Å². The molecule has 1 N–H and O–H groups in total. The van der Waals surface area contributed by atoms with Crippen LogP contribution in [0.2, 0.25) is 0 Å². The number of hydrogen-bond acceptors (Lipinski definition) is 7. The average Bonchev–Trinajstić information content (AvgIpc) is 3.26. The van der Waals surface area contributed by atoms with E-state index in [0.29, 0.717) is 12.4 Å². The molecule has 4 heterocycles. The molecule has 0 fully saturated rings. The first-order valence-electron chi connectivity index (χ1n) is 7.45. The smallest absolute Gasteiger partial charge is 0.163 e. The lowest BCUT2D eigenvalue weighted by Crippen LogP contribution is -2.05. The molecular weight excluding hydrogens is 324 g/mol. The summed E-state index contributed by atoms with van der Waals surface area (Å²) in [5.41, 5.74) is 2.66. The molecule has 4 rings (SSSR count). The highest BCUT2D eigenvalue weighted by molar-refractivity contribution is 7.13. The number of hydrogen-bond donors (Lipinski definition) is 1. The number of thiazole rings is 1. The molecule has 4 aromatic rings. The summed E-state index contributed by atoms with van der Waals surface area (Å²) in [4.78, 5) is 13.5. The second-order valence-electron chi connectivity index (χ2n) is 5.50. The highest BCUT2D eigenvalue weighted by atomic mass is 32.1. The summed E-state index contributed by atoms with van der Waals surface area (Å²) in [5.74, 6) is 1.49. The Labute approximate surface area is 142 Å². The molecule has 0 saturated carbocycles. The first-order chi connectivity index (χ1) is 11.6. The standard InChI is InChI=1S/C15H16N8S/c1-9-18-13(11-7-17-23(3)14(11)19-9)16-6-10-8-24-15(20-10)12-4-5-22(2)21-12/h4-5,7-8H,6H2,1-3H3,(H,16,18,19). The minimum atomic E-state index is 0.587. The van der Waals surface area contributed by atoms with Crippen LogP contribution in [0.5, 0.6) is 0 Å². The Kier molecular flexibility index (Phi) is 3.49. The van der Waals surface area contributed by atoms with E-state index in [-0.39, 0.29) is 0 Å². The predicted octanol–water partition coefficient (Wildman–Crippen LogP) is 2.14. The molecule has 0 aromatic carbocycles. The van der Waals surface area contributed by atoms with Crippen LogP contribution in [-0.2, 0) is 20.6 Å². The summed E-state index contributed by atoms with van der Waals surface area (Å²) in [6.45, 7) is 2.46. The van der Waals surface area contributed by atoms with Crippen molar-refractivity contribution in [2.24, 2.45) is 14.1 Å². The Morgan fingerprint density at radius 3 is 2.88 bits per heavy atom. The van der Waals surface area contributed by atoms with Crippen molar-refractivity contribution < 1.29 is 0 Å². The molecule has 0 aliphatic heterocycles. The fourth-order valence-electron chi connectivity index (χ4n) is 2.47. The van der Waals surface area contributed by atoms with Gasteiger partial charge in [0.2, 0.25) is 0 Å². The van der Waals surface area contributed by atoms with Crippen molar-refractivity contribution in [2.45, 2.75) is 13.5 Å². The zero-order valence-corrected chi connectivity index (χ0v) is 14.4. The lowest BCUT2D eigenvalue weighted by molar-refractivity contribution is 0.770. The maximum absolute atomic E-state index is 4.63. The van der Waals surface area contributed by atoms with Crippen LogP contribution < -0.4 is 5.32 Å². The number of rotatable bonds is 4. The van der Waals surface area contributed by atoms with Gasteiger partial charge >= 0.3 is 0 Å². The van der Waals surface area contributed by atoms with E-state index in [1.807, 2.05) is 38.7 Å². The molecule has 0 bridgehead atoms. The SMILES string of the molecule is Cc1nc(NCc2csc(-c3ccn(C)n3)n2)c2cnn(C)c2n1.